The first-order chi connectivity index (χ1) is 9.46. The number of carbonyl (C=O) groups excluding carboxylic acids is 1. The Labute approximate surface area is 119 Å². The van der Waals surface area contributed by atoms with Gasteiger partial charge in [0.05, 0.1) is 13.2 Å². The summed E-state index contributed by atoms with van der Waals surface area (Å²) in [4.78, 5) is 25.8. The third-order valence-electron chi connectivity index (χ3n) is 2.27. The molecule has 0 aliphatic rings. The molecule has 0 aliphatic carbocycles. The van der Waals surface area contributed by atoms with Gasteiger partial charge in [0, 0.05) is 20.1 Å². The topological polar surface area (TPSA) is 92.3 Å². The lowest BCUT2D eigenvalue weighted by Gasteiger charge is -2.18. The molecule has 0 aromatic carbocycles. The van der Waals surface area contributed by atoms with Crippen molar-refractivity contribution < 1.29 is 9.53 Å². The van der Waals surface area contributed by atoms with E-state index < -0.39 is 0 Å². The van der Waals surface area contributed by atoms with Crippen molar-refractivity contribution in [1.82, 2.24) is 20.3 Å². The number of hydrogen-bond acceptors (Lipinski definition) is 7. The first kappa shape index (κ1) is 15.9. The number of ether oxygens (including phenoxy) is 1. The molecule has 0 spiro atoms. The maximum atomic E-state index is 11.7. The molecule has 0 saturated carbocycles. The summed E-state index contributed by atoms with van der Waals surface area (Å²) >= 11 is 0. The van der Waals surface area contributed by atoms with Gasteiger partial charge in [-0.3, -0.25) is 4.79 Å². The maximum absolute atomic E-state index is 11.7. The minimum absolute atomic E-state index is 0.0909. The summed E-state index contributed by atoms with van der Waals surface area (Å²) in [7, 11) is 3.45. The molecule has 0 atom stereocenters. The van der Waals surface area contributed by atoms with Crippen molar-refractivity contribution in [3.05, 3.63) is 0 Å². The molecule has 1 rings (SSSR count). The molecule has 8 heteroatoms. The van der Waals surface area contributed by atoms with Crippen molar-refractivity contribution in [2.45, 2.75) is 26.8 Å². The van der Waals surface area contributed by atoms with Crippen LogP contribution in [0.1, 0.15) is 20.8 Å². The van der Waals surface area contributed by atoms with Crippen LogP contribution in [0.25, 0.3) is 0 Å². The second-order valence-electron chi connectivity index (χ2n) is 4.50. The van der Waals surface area contributed by atoms with Gasteiger partial charge in [0.2, 0.25) is 17.8 Å². The van der Waals surface area contributed by atoms with Gasteiger partial charge in [0.25, 0.3) is 0 Å². The van der Waals surface area contributed by atoms with E-state index >= 15 is 0 Å². The monoisotopic (exact) mass is 282 g/mol. The lowest BCUT2D eigenvalue weighted by Crippen LogP contribution is -2.39. The van der Waals surface area contributed by atoms with Crippen molar-refractivity contribution in [2.24, 2.45) is 0 Å². The Morgan fingerprint density at radius 3 is 2.60 bits per heavy atom. The van der Waals surface area contributed by atoms with Gasteiger partial charge in [-0.15, -0.1) is 0 Å². The first-order valence-electron chi connectivity index (χ1n) is 6.53. The molecule has 0 radical (unpaired) electrons. The molecular formula is C12H22N6O2. The predicted octanol–water partition coefficient (Wildman–Crippen LogP) is 0.273. The summed E-state index contributed by atoms with van der Waals surface area (Å²) in [5.41, 5.74) is 0. The van der Waals surface area contributed by atoms with Crippen LogP contribution >= 0.6 is 0 Å². The summed E-state index contributed by atoms with van der Waals surface area (Å²) in [6, 6.07) is 0.332. The Morgan fingerprint density at radius 2 is 2.05 bits per heavy atom. The van der Waals surface area contributed by atoms with Crippen LogP contribution in [0.15, 0.2) is 0 Å². The number of carbonyl (C=O) groups is 1. The Morgan fingerprint density at radius 1 is 1.35 bits per heavy atom. The smallest absolute Gasteiger partial charge is 0.323 e. The van der Waals surface area contributed by atoms with E-state index in [0.29, 0.717) is 18.5 Å². The van der Waals surface area contributed by atoms with Gasteiger partial charge in [-0.2, -0.15) is 15.0 Å². The van der Waals surface area contributed by atoms with E-state index in [9.17, 15) is 4.79 Å². The highest BCUT2D eigenvalue weighted by atomic mass is 16.5. The zero-order valence-electron chi connectivity index (χ0n) is 12.6. The van der Waals surface area contributed by atoms with Crippen LogP contribution in [0.4, 0.5) is 11.9 Å². The highest BCUT2D eigenvalue weighted by molar-refractivity contribution is 5.80. The number of hydrogen-bond donors (Lipinski definition) is 2. The highest BCUT2D eigenvalue weighted by Crippen LogP contribution is 2.13. The van der Waals surface area contributed by atoms with Crippen molar-refractivity contribution in [1.29, 1.82) is 0 Å². The molecule has 2 N–H and O–H groups in total. The Balaban J connectivity index is 2.82. The van der Waals surface area contributed by atoms with Gasteiger partial charge < -0.3 is 20.3 Å². The molecule has 20 heavy (non-hydrogen) atoms. The predicted molar refractivity (Wildman–Crippen MR) is 77.1 cm³/mol. The summed E-state index contributed by atoms with van der Waals surface area (Å²) in [5, 5.41) is 5.65. The van der Waals surface area contributed by atoms with E-state index in [0.717, 1.165) is 0 Å². The fourth-order valence-corrected chi connectivity index (χ4v) is 1.48. The summed E-state index contributed by atoms with van der Waals surface area (Å²) < 4.78 is 5.28. The van der Waals surface area contributed by atoms with Crippen LogP contribution in [0.5, 0.6) is 6.01 Å². The Kier molecular flexibility index (Phi) is 5.95. The van der Waals surface area contributed by atoms with Crippen LogP contribution in [-0.2, 0) is 4.79 Å². The van der Waals surface area contributed by atoms with Crippen LogP contribution in [-0.4, -0.2) is 54.1 Å². The van der Waals surface area contributed by atoms with Crippen molar-refractivity contribution in [3.8, 4) is 6.01 Å². The Hall–Kier alpha value is -2.12. The molecule has 1 amide bonds. The van der Waals surface area contributed by atoms with Gasteiger partial charge in [-0.05, 0) is 20.8 Å². The molecule has 0 saturated heterocycles. The van der Waals surface area contributed by atoms with E-state index in [1.165, 1.54) is 0 Å². The Bertz CT molecular complexity index is 452. The number of likely N-dealkylation sites (N-methyl/N-ethyl adjacent to an activating group) is 1. The molecule has 0 bridgehead atoms. The average molecular weight is 282 g/mol. The standard InChI is InChI=1S/C12H22N6O2/c1-6-20-12-16-10(13-4)15-11(17-12)18(5)7-9(19)14-8(2)3/h8H,6-7H2,1-5H3,(H,14,19)(H,13,15,16,17). The zero-order chi connectivity index (χ0) is 15.1. The molecule has 1 aromatic rings. The molecule has 0 unspecified atom stereocenters. The third-order valence-corrected chi connectivity index (χ3v) is 2.27. The van der Waals surface area contributed by atoms with Gasteiger partial charge in [0.1, 0.15) is 0 Å². The minimum Gasteiger partial charge on any atom is -0.464 e. The second kappa shape index (κ2) is 7.46. The quantitative estimate of drug-likeness (QED) is 0.741. The van der Waals surface area contributed by atoms with Crippen molar-refractivity contribution in [2.75, 3.05) is 37.5 Å². The van der Waals surface area contributed by atoms with E-state index in [2.05, 4.69) is 25.6 Å². The van der Waals surface area contributed by atoms with E-state index in [-0.39, 0.29) is 24.5 Å². The number of nitrogens with zero attached hydrogens (tertiary/aromatic N) is 4. The van der Waals surface area contributed by atoms with Gasteiger partial charge >= 0.3 is 6.01 Å². The van der Waals surface area contributed by atoms with Crippen molar-refractivity contribution >= 4 is 17.8 Å². The molecule has 112 valence electrons. The molecule has 0 aliphatic heterocycles. The first-order valence-corrected chi connectivity index (χ1v) is 6.53. The summed E-state index contributed by atoms with van der Waals surface area (Å²) in [6.45, 7) is 6.30. The molecule has 1 heterocycles. The largest absolute Gasteiger partial charge is 0.464 e. The van der Waals surface area contributed by atoms with E-state index in [1.54, 1.807) is 19.0 Å². The maximum Gasteiger partial charge on any atom is 0.323 e. The van der Waals surface area contributed by atoms with Crippen LogP contribution in [0.2, 0.25) is 0 Å². The van der Waals surface area contributed by atoms with E-state index in [1.807, 2.05) is 20.8 Å². The van der Waals surface area contributed by atoms with Gasteiger partial charge in [-0.1, -0.05) is 0 Å². The molecule has 1 aromatic heterocycles. The molecule has 0 fully saturated rings. The van der Waals surface area contributed by atoms with Crippen LogP contribution in [0.3, 0.4) is 0 Å². The summed E-state index contributed by atoms with van der Waals surface area (Å²) in [6.07, 6.45) is 0. The number of aromatic nitrogens is 3. The summed E-state index contributed by atoms with van der Waals surface area (Å²) in [5.74, 6) is 0.688. The fourth-order valence-electron chi connectivity index (χ4n) is 1.48. The van der Waals surface area contributed by atoms with Gasteiger partial charge in [-0.25, -0.2) is 0 Å². The van der Waals surface area contributed by atoms with Crippen LogP contribution < -0.4 is 20.3 Å². The number of rotatable bonds is 7. The van der Waals surface area contributed by atoms with Crippen molar-refractivity contribution in [3.63, 3.8) is 0 Å². The highest BCUT2D eigenvalue weighted by Gasteiger charge is 2.14. The molecular weight excluding hydrogens is 260 g/mol. The fraction of sp³-hybridized carbons (Fsp3) is 0.667. The molecule has 8 nitrogen and oxygen atoms in total. The lowest BCUT2D eigenvalue weighted by molar-refractivity contribution is -0.120. The number of amides is 1. The zero-order valence-corrected chi connectivity index (χ0v) is 12.6. The number of anilines is 2. The minimum atomic E-state index is -0.0909. The van der Waals surface area contributed by atoms with E-state index in [4.69, 9.17) is 4.74 Å². The normalized spacial score (nSPS) is 10.3. The SMILES string of the molecule is CCOc1nc(NC)nc(N(C)CC(=O)NC(C)C)n1. The van der Waals surface area contributed by atoms with Crippen LogP contribution in [0, 0.1) is 0 Å². The number of nitrogens with one attached hydrogen (secondary N) is 2. The lowest BCUT2D eigenvalue weighted by atomic mass is 10.4. The average Bonchev–Trinajstić information content (AvgIpc) is 2.37. The second-order valence-corrected chi connectivity index (χ2v) is 4.50. The van der Waals surface area contributed by atoms with Gasteiger partial charge in [0.15, 0.2) is 0 Å². The third kappa shape index (κ3) is 4.87.